The fourth-order valence-electron chi connectivity index (χ4n) is 3.49. The monoisotopic (exact) mass is 395 g/mol. The van der Waals surface area contributed by atoms with Crippen molar-refractivity contribution in [2.75, 3.05) is 0 Å². The van der Waals surface area contributed by atoms with E-state index in [1.54, 1.807) is 20.8 Å². The smallest absolute Gasteiger partial charge is 0.417 e. The highest BCUT2D eigenvalue weighted by atomic mass is 16.6. The van der Waals surface area contributed by atoms with E-state index >= 15 is 0 Å². The van der Waals surface area contributed by atoms with E-state index in [4.69, 9.17) is 4.74 Å². The molecule has 6 nitrogen and oxygen atoms in total. The zero-order valence-corrected chi connectivity index (χ0v) is 16.8. The summed E-state index contributed by atoms with van der Waals surface area (Å²) in [6.45, 7) is 5.12. The molecule has 0 spiro atoms. The van der Waals surface area contributed by atoms with Crippen molar-refractivity contribution in [2.45, 2.75) is 45.3 Å². The lowest BCUT2D eigenvalue weighted by Gasteiger charge is -2.27. The van der Waals surface area contributed by atoms with Gasteiger partial charge in [-0.05, 0) is 50.3 Å². The number of hydrogen-bond donors (Lipinski definition) is 1. The number of imide groups is 1. The van der Waals surface area contributed by atoms with Crippen molar-refractivity contribution in [2.24, 2.45) is 5.92 Å². The summed E-state index contributed by atoms with van der Waals surface area (Å²) < 4.78 is 5.34. The van der Waals surface area contributed by atoms with Crippen molar-refractivity contribution >= 4 is 18.0 Å². The largest absolute Gasteiger partial charge is 0.481 e. The number of carbonyl (C=O) groups is 3. The molecule has 1 aliphatic rings. The van der Waals surface area contributed by atoms with E-state index < -0.39 is 35.5 Å². The molecule has 0 saturated carbocycles. The Morgan fingerprint density at radius 1 is 1.03 bits per heavy atom. The van der Waals surface area contributed by atoms with Gasteiger partial charge in [-0.3, -0.25) is 9.59 Å². The van der Waals surface area contributed by atoms with E-state index in [0.717, 1.165) is 21.6 Å². The van der Waals surface area contributed by atoms with Gasteiger partial charge in [-0.15, -0.1) is 0 Å². The summed E-state index contributed by atoms with van der Waals surface area (Å²) in [4.78, 5) is 37.6. The molecule has 29 heavy (non-hydrogen) atoms. The molecule has 152 valence electrons. The van der Waals surface area contributed by atoms with Crippen molar-refractivity contribution in [3.63, 3.8) is 0 Å². The average molecular weight is 395 g/mol. The number of aliphatic carboxylic acids is 1. The Balaban J connectivity index is 1.80. The van der Waals surface area contributed by atoms with Crippen LogP contribution in [0.3, 0.4) is 0 Å². The highest BCUT2D eigenvalue weighted by molar-refractivity contribution is 6.05. The average Bonchev–Trinajstić information content (AvgIpc) is 2.98. The van der Waals surface area contributed by atoms with Gasteiger partial charge in [0.15, 0.2) is 0 Å². The van der Waals surface area contributed by atoms with E-state index in [2.05, 4.69) is 0 Å². The third-order valence-corrected chi connectivity index (χ3v) is 4.83. The second-order valence-corrected chi connectivity index (χ2v) is 8.24. The molecule has 2 aromatic rings. The molecule has 3 rings (SSSR count). The Morgan fingerprint density at radius 3 is 2.17 bits per heavy atom. The standard InChI is InChI=1S/C23H25NO5/c1-23(2,3)29-22(28)24-18(14-19(20(24)25)21(26)27)13-15-9-11-17(12-10-15)16-7-5-4-6-8-16/h4-12,18-19H,13-14H2,1-3H3,(H,26,27)/t18-,19?/m1/s1. The first-order valence-electron chi connectivity index (χ1n) is 9.59. The molecule has 2 aromatic carbocycles. The maximum Gasteiger partial charge on any atom is 0.417 e. The Morgan fingerprint density at radius 2 is 1.62 bits per heavy atom. The molecule has 6 heteroatoms. The topological polar surface area (TPSA) is 83.9 Å². The fraction of sp³-hybridized carbons (Fsp3) is 0.348. The first-order chi connectivity index (χ1) is 13.7. The van der Waals surface area contributed by atoms with E-state index in [1.165, 1.54) is 0 Å². The van der Waals surface area contributed by atoms with Crippen LogP contribution < -0.4 is 0 Å². The highest BCUT2D eigenvalue weighted by Crippen LogP contribution is 2.30. The number of carbonyl (C=O) groups excluding carboxylic acids is 2. The maximum atomic E-state index is 12.6. The molecular formula is C23H25NO5. The molecule has 2 atom stereocenters. The van der Waals surface area contributed by atoms with Crippen molar-refractivity contribution in [1.82, 2.24) is 4.90 Å². The van der Waals surface area contributed by atoms with Crippen LogP contribution in [0, 0.1) is 5.92 Å². The summed E-state index contributed by atoms with van der Waals surface area (Å²) in [7, 11) is 0. The SMILES string of the molecule is CC(C)(C)OC(=O)N1C(=O)C(C(=O)O)C[C@H]1Cc1ccc(-c2ccccc2)cc1. The predicted octanol–water partition coefficient (Wildman–Crippen LogP) is 4.13. The number of likely N-dealkylation sites (tertiary alicyclic amines) is 1. The molecule has 0 bridgehead atoms. The number of carboxylic acid groups (broad SMARTS) is 1. The van der Waals surface area contributed by atoms with E-state index in [1.807, 2.05) is 54.6 Å². The predicted molar refractivity (Wildman–Crippen MR) is 108 cm³/mol. The van der Waals surface area contributed by atoms with Crippen LogP contribution in [0.25, 0.3) is 11.1 Å². The number of carboxylic acids is 1. The number of nitrogens with zero attached hydrogens (tertiary/aromatic N) is 1. The Bertz CT molecular complexity index is 899. The molecular weight excluding hydrogens is 370 g/mol. The first kappa shape index (κ1) is 20.6. The summed E-state index contributed by atoms with van der Waals surface area (Å²) in [5, 5.41) is 9.36. The zero-order chi connectivity index (χ0) is 21.2. The zero-order valence-electron chi connectivity index (χ0n) is 16.8. The second-order valence-electron chi connectivity index (χ2n) is 8.24. The van der Waals surface area contributed by atoms with E-state index in [-0.39, 0.29) is 6.42 Å². The molecule has 1 fully saturated rings. The number of rotatable bonds is 4. The van der Waals surface area contributed by atoms with E-state index in [0.29, 0.717) is 6.42 Å². The van der Waals surface area contributed by atoms with Crippen LogP contribution in [0.15, 0.2) is 54.6 Å². The lowest BCUT2D eigenvalue weighted by molar-refractivity contribution is -0.147. The molecule has 1 unspecified atom stereocenters. The summed E-state index contributed by atoms with van der Waals surface area (Å²) in [6.07, 6.45) is -0.338. The van der Waals surface area contributed by atoms with Crippen molar-refractivity contribution in [1.29, 1.82) is 0 Å². The van der Waals surface area contributed by atoms with Crippen LogP contribution in [-0.2, 0) is 20.7 Å². The highest BCUT2D eigenvalue weighted by Gasteiger charge is 2.47. The van der Waals surface area contributed by atoms with Crippen molar-refractivity contribution in [3.05, 3.63) is 60.2 Å². The molecule has 0 aromatic heterocycles. The molecule has 1 saturated heterocycles. The molecule has 1 heterocycles. The van der Waals surface area contributed by atoms with Crippen LogP contribution in [-0.4, -0.2) is 39.6 Å². The van der Waals surface area contributed by atoms with Crippen LogP contribution >= 0.6 is 0 Å². The van der Waals surface area contributed by atoms with Gasteiger partial charge in [0, 0.05) is 6.04 Å². The normalized spacial score (nSPS) is 19.3. The van der Waals surface area contributed by atoms with Gasteiger partial charge in [-0.1, -0.05) is 54.6 Å². The number of hydrogen-bond acceptors (Lipinski definition) is 4. The minimum absolute atomic E-state index is 0.0772. The summed E-state index contributed by atoms with van der Waals surface area (Å²) in [5.41, 5.74) is 2.29. The van der Waals surface area contributed by atoms with Gasteiger partial charge in [0.2, 0.25) is 5.91 Å². The first-order valence-corrected chi connectivity index (χ1v) is 9.59. The van der Waals surface area contributed by atoms with Gasteiger partial charge in [0.1, 0.15) is 11.5 Å². The Labute approximate surface area is 170 Å². The van der Waals surface area contributed by atoms with Crippen LogP contribution in [0.4, 0.5) is 4.79 Å². The van der Waals surface area contributed by atoms with Gasteiger partial charge in [0.25, 0.3) is 0 Å². The maximum absolute atomic E-state index is 12.6. The van der Waals surface area contributed by atoms with Crippen LogP contribution in [0.1, 0.15) is 32.8 Å². The van der Waals surface area contributed by atoms with Gasteiger partial charge in [-0.2, -0.15) is 0 Å². The Kier molecular flexibility index (Phi) is 5.73. The molecule has 1 aliphatic heterocycles. The fourth-order valence-corrected chi connectivity index (χ4v) is 3.49. The quantitative estimate of drug-likeness (QED) is 0.787. The number of ether oxygens (including phenoxy) is 1. The third-order valence-electron chi connectivity index (χ3n) is 4.83. The lowest BCUT2D eigenvalue weighted by Crippen LogP contribution is -2.44. The van der Waals surface area contributed by atoms with Gasteiger partial charge in [0.05, 0.1) is 0 Å². The Hall–Kier alpha value is -3.15. The van der Waals surface area contributed by atoms with Gasteiger partial charge < -0.3 is 9.84 Å². The minimum atomic E-state index is -1.23. The second kappa shape index (κ2) is 8.07. The molecule has 0 radical (unpaired) electrons. The number of amides is 2. The van der Waals surface area contributed by atoms with Crippen molar-refractivity contribution < 1.29 is 24.2 Å². The summed E-state index contributed by atoms with van der Waals surface area (Å²) in [5.74, 6) is -3.15. The molecule has 1 N–H and O–H groups in total. The summed E-state index contributed by atoms with van der Waals surface area (Å²) >= 11 is 0. The van der Waals surface area contributed by atoms with E-state index in [9.17, 15) is 19.5 Å². The molecule has 0 aliphatic carbocycles. The number of benzene rings is 2. The third kappa shape index (κ3) is 4.83. The lowest BCUT2D eigenvalue weighted by atomic mass is 9.97. The van der Waals surface area contributed by atoms with Gasteiger partial charge >= 0.3 is 12.1 Å². The minimum Gasteiger partial charge on any atom is -0.481 e. The van der Waals surface area contributed by atoms with Gasteiger partial charge in [-0.25, -0.2) is 9.69 Å². The van der Waals surface area contributed by atoms with Crippen molar-refractivity contribution in [3.8, 4) is 11.1 Å². The molecule has 2 amide bonds. The summed E-state index contributed by atoms with van der Waals surface area (Å²) in [6, 6.07) is 17.2. The van der Waals surface area contributed by atoms with Crippen LogP contribution in [0.2, 0.25) is 0 Å². The van der Waals surface area contributed by atoms with Crippen LogP contribution in [0.5, 0.6) is 0 Å².